The first-order valence-corrected chi connectivity index (χ1v) is 7.38. The van der Waals surface area contributed by atoms with Crippen LogP contribution in [0.1, 0.15) is 22.8 Å². The minimum Gasteiger partial charge on any atom is -0.490 e. The standard InChI is InChI=1S/C15H15N3O2S/c1-2-7-20-10-5-3-9(4-6-10)11-8-12(19)17-14-13(11)21-15(16)18-14/h2-6,11H,1,7-8H2,(H2,16,18)(H,17,19). The Morgan fingerprint density at radius 3 is 2.95 bits per heavy atom. The summed E-state index contributed by atoms with van der Waals surface area (Å²) in [6.45, 7) is 4.09. The van der Waals surface area contributed by atoms with Crippen LogP contribution < -0.4 is 15.8 Å². The van der Waals surface area contributed by atoms with Crippen LogP contribution in [0.15, 0.2) is 36.9 Å². The number of hydrogen-bond acceptors (Lipinski definition) is 5. The van der Waals surface area contributed by atoms with Gasteiger partial charge in [0, 0.05) is 12.3 Å². The summed E-state index contributed by atoms with van der Waals surface area (Å²) in [4.78, 5) is 17.0. The number of carbonyl (C=O) groups excluding carboxylic acids is 1. The molecule has 1 aromatic heterocycles. The fourth-order valence-corrected chi connectivity index (χ4v) is 3.27. The van der Waals surface area contributed by atoms with Gasteiger partial charge in [0.2, 0.25) is 5.91 Å². The summed E-state index contributed by atoms with van der Waals surface area (Å²) < 4.78 is 5.47. The van der Waals surface area contributed by atoms with Crippen molar-refractivity contribution in [1.82, 2.24) is 4.98 Å². The van der Waals surface area contributed by atoms with E-state index in [9.17, 15) is 4.79 Å². The molecule has 1 aromatic carbocycles. The molecule has 5 nitrogen and oxygen atoms in total. The molecule has 0 saturated carbocycles. The maximum atomic E-state index is 11.8. The Morgan fingerprint density at radius 2 is 2.24 bits per heavy atom. The fourth-order valence-electron chi connectivity index (χ4n) is 2.36. The Bertz CT molecular complexity index is 679. The molecule has 3 N–H and O–H groups in total. The molecule has 0 saturated heterocycles. The molecular formula is C15H15N3O2S. The minimum atomic E-state index is -0.0372. The van der Waals surface area contributed by atoms with Gasteiger partial charge in [-0.2, -0.15) is 0 Å². The van der Waals surface area contributed by atoms with E-state index in [1.165, 1.54) is 11.3 Å². The zero-order chi connectivity index (χ0) is 14.8. The van der Waals surface area contributed by atoms with Crippen molar-refractivity contribution < 1.29 is 9.53 Å². The number of anilines is 2. The predicted molar refractivity (Wildman–Crippen MR) is 83.8 cm³/mol. The highest BCUT2D eigenvalue weighted by Gasteiger charge is 2.29. The number of nitrogens with one attached hydrogen (secondary N) is 1. The van der Waals surface area contributed by atoms with Crippen molar-refractivity contribution in [2.45, 2.75) is 12.3 Å². The van der Waals surface area contributed by atoms with Crippen molar-refractivity contribution in [1.29, 1.82) is 0 Å². The molecular weight excluding hydrogens is 286 g/mol. The monoisotopic (exact) mass is 301 g/mol. The van der Waals surface area contributed by atoms with Gasteiger partial charge in [0.1, 0.15) is 18.2 Å². The number of nitrogens with zero attached hydrogens (tertiary/aromatic N) is 1. The summed E-state index contributed by atoms with van der Waals surface area (Å²) in [5.74, 6) is 1.33. The molecule has 1 aliphatic rings. The number of nitrogens with two attached hydrogens (primary N) is 1. The van der Waals surface area contributed by atoms with E-state index in [0.717, 1.165) is 16.2 Å². The summed E-state index contributed by atoms with van der Waals surface area (Å²) in [5.41, 5.74) is 6.81. The molecule has 6 heteroatoms. The number of thiazole rings is 1. The van der Waals surface area contributed by atoms with Gasteiger partial charge >= 0.3 is 0 Å². The van der Waals surface area contributed by atoms with Gasteiger partial charge in [0.25, 0.3) is 0 Å². The van der Waals surface area contributed by atoms with E-state index in [1.807, 2.05) is 24.3 Å². The molecule has 1 unspecified atom stereocenters. The quantitative estimate of drug-likeness (QED) is 0.851. The molecule has 21 heavy (non-hydrogen) atoms. The summed E-state index contributed by atoms with van der Waals surface area (Å²) in [6.07, 6.45) is 2.10. The topological polar surface area (TPSA) is 77.2 Å². The van der Waals surface area contributed by atoms with Crippen molar-refractivity contribution in [2.24, 2.45) is 0 Å². The van der Waals surface area contributed by atoms with Crippen LogP contribution in [-0.2, 0) is 4.79 Å². The second kappa shape index (κ2) is 5.57. The van der Waals surface area contributed by atoms with Gasteiger partial charge in [-0.05, 0) is 17.7 Å². The lowest BCUT2D eigenvalue weighted by Crippen LogP contribution is -2.22. The molecule has 1 amide bonds. The van der Waals surface area contributed by atoms with E-state index in [1.54, 1.807) is 6.08 Å². The fraction of sp³-hybridized carbons (Fsp3) is 0.200. The number of ether oxygens (including phenoxy) is 1. The third kappa shape index (κ3) is 2.75. The van der Waals surface area contributed by atoms with Crippen molar-refractivity contribution >= 4 is 28.2 Å². The van der Waals surface area contributed by atoms with Crippen LogP contribution in [0.2, 0.25) is 0 Å². The average molecular weight is 301 g/mol. The van der Waals surface area contributed by atoms with E-state index in [4.69, 9.17) is 10.5 Å². The Balaban J connectivity index is 1.89. The lowest BCUT2D eigenvalue weighted by Gasteiger charge is -2.21. The molecule has 1 aliphatic heterocycles. The number of aromatic nitrogens is 1. The summed E-state index contributed by atoms with van der Waals surface area (Å²) in [6, 6.07) is 7.74. The van der Waals surface area contributed by atoms with Crippen molar-refractivity contribution in [3.63, 3.8) is 0 Å². The van der Waals surface area contributed by atoms with Crippen LogP contribution >= 0.6 is 11.3 Å². The van der Waals surface area contributed by atoms with Crippen LogP contribution in [0.4, 0.5) is 10.9 Å². The minimum absolute atomic E-state index is 0.00277. The first-order chi connectivity index (χ1) is 10.2. The van der Waals surface area contributed by atoms with Crippen molar-refractivity contribution in [3.05, 3.63) is 47.4 Å². The maximum Gasteiger partial charge on any atom is 0.226 e. The van der Waals surface area contributed by atoms with Gasteiger partial charge in [-0.3, -0.25) is 4.79 Å². The number of nitrogen functional groups attached to an aromatic ring is 1. The van der Waals surface area contributed by atoms with Crippen LogP contribution in [0, 0.1) is 0 Å². The van der Waals surface area contributed by atoms with Gasteiger partial charge in [-0.1, -0.05) is 36.1 Å². The van der Waals surface area contributed by atoms with E-state index < -0.39 is 0 Å². The molecule has 2 aromatic rings. The van der Waals surface area contributed by atoms with Gasteiger partial charge in [0.05, 0.1) is 4.88 Å². The third-order valence-corrected chi connectivity index (χ3v) is 4.28. The van der Waals surface area contributed by atoms with Crippen LogP contribution in [0.3, 0.4) is 0 Å². The normalized spacial score (nSPS) is 17.0. The molecule has 0 aliphatic carbocycles. The van der Waals surface area contributed by atoms with Gasteiger partial charge < -0.3 is 15.8 Å². The second-order valence-corrected chi connectivity index (χ2v) is 5.80. The number of amides is 1. The van der Waals surface area contributed by atoms with Gasteiger partial charge in [-0.15, -0.1) is 0 Å². The molecule has 0 spiro atoms. The zero-order valence-electron chi connectivity index (χ0n) is 11.3. The van der Waals surface area contributed by atoms with Crippen molar-refractivity contribution in [2.75, 3.05) is 17.7 Å². The van der Waals surface area contributed by atoms with Crippen LogP contribution in [-0.4, -0.2) is 17.5 Å². The van der Waals surface area contributed by atoms with E-state index >= 15 is 0 Å². The molecule has 108 valence electrons. The average Bonchev–Trinajstić information content (AvgIpc) is 2.85. The SMILES string of the molecule is C=CCOc1ccc(C2CC(=O)Nc3nc(N)sc32)cc1. The lowest BCUT2D eigenvalue weighted by molar-refractivity contribution is -0.116. The highest BCUT2D eigenvalue weighted by Crippen LogP contribution is 2.41. The number of hydrogen-bond donors (Lipinski definition) is 2. The molecule has 0 bridgehead atoms. The molecule has 2 heterocycles. The second-order valence-electron chi connectivity index (χ2n) is 4.74. The summed E-state index contributed by atoms with van der Waals surface area (Å²) in [7, 11) is 0. The Hall–Kier alpha value is -2.34. The Kier molecular flexibility index (Phi) is 3.62. The summed E-state index contributed by atoms with van der Waals surface area (Å²) >= 11 is 1.42. The Labute approximate surface area is 126 Å². The molecule has 0 fully saturated rings. The van der Waals surface area contributed by atoms with Crippen molar-refractivity contribution in [3.8, 4) is 5.75 Å². The highest BCUT2D eigenvalue weighted by atomic mass is 32.1. The first-order valence-electron chi connectivity index (χ1n) is 6.57. The Morgan fingerprint density at radius 1 is 1.48 bits per heavy atom. The van der Waals surface area contributed by atoms with Crippen LogP contribution in [0.5, 0.6) is 5.75 Å². The number of benzene rings is 1. The first kappa shape index (κ1) is 13.6. The zero-order valence-corrected chi connectivity index (χ0v) is 12.2. The molecule has 3 rings (SSSR count). The maximum absolute atomic E-state index is 11.8. The van der Waals surface area contributed by atoms with E-state index in [2.05, 4.69) is 16.9 Å². The largest absolute Gasteiger partial charge is 0.490 e. The molecule has 1 atom stereocenters. The van der Waals surface area contributed by atoms with Gasteiger partial charge in [-0.25, -0.2) is 4.98 Å². The smallest absolute Gasteiger partial charge is 0.226 e. The highest BCUT2D eigenvalue weighted by molar-refractivity contribution is 7.16. The molecule has 0 radical (unpaired) electrons. The predicted octanol–water partition coefficient (Wildman–Crippen LogP) is 2.76. The van der Waals surface area contributed by atoms with E-state index in [-0.39, 0.29) is 11.8 Å². The lowest BCUT2D eigenvalue weighted by atomic mass is 9.91. The van der Waals surface area contributed by atoms with E-state index in [0.29, 0.717) is 24.0 Å². The van der Waals surface area contributed by atoms with Gasteiger partial charge in [0.15, 0.2) is 5.13 Å². The number of rotatable bonds is 4. The summed E-state index contributed by atoms with van der Waals surface area (Å²) in [5, 5.41) is 3.23. The third-order valence-electron chi connectivity index (χ3n) is 3.28. The number of fused-ring (bicyclic) bond motifs is 1. The van der Waals surface area contributed by atoms with Crippen LogP contribution in [0.25, 0.3) is 0 Å². The number of carbonyl (C=O) groups is 1.